The highest BCUT2D eigenvalue weighted by atomic mass is 32.2. The Morgan fingerprint density at radius 1 is 1.04 bits per heavy atom. The molecule has 5 heteroatoms. The molecular weight excluding hydrogens is 344 g/mol. The SMILES string of the molecule is CC1CCCN(CC2CCN(S(=O)(=O)c3ccc(C(C)C)cc3)CC2)C1. The molecule has 0 amide bonds. The summed E-state index contributed by atoms with van der Waals surface area (Å²) in [7, 11) is -3.35. The van der Waals surface area contributed by atoms with Gasteiger partial charge < -0.3 is 4.90 Å². The van der Waals surface area contributed by atoms with Gasteiger partial charge in [0.1, 0.15) is 0 Å². The van der Waals surface area contributed by atoms with Gasteiger partial charge in [0.05, 0.1) is 4.90 Å². The van der Waals surface area contributed by atoms with Crippen LogP contribution in [0.2, 0.25) is 0 Å². The largest absolute Gasteiger partial charge is 0.303 e. The Labute approximate surface area is 159 Å². The van der Waals surface area contributed by atoms with Crippen molar-refractivity contribution in [1.29, 1.82) is 0 Å². The summed E-state index contributed by atoms with van der Waals surface area (Å²) in [5.41, 5.74) is 1.18. The molecule has 0 saturated carbocycles. The average Bonchev–Trinajstić information content (AvgIpc) is 2.62. The summed E-state index contributed by atoms with van der Waals surface area (Å²) in [6.07, 6.45) is 4.62. The van der Waals surface area contributed by atoms with Crippen LogP contribution in [0.15, 0.2) is 29.2 Å². The second-order valence-electron chi connectivity index (χ2n) is 8.58. The predicted molar refractivity (Wildman–Crippen MR) is 107 cm³/mol. The molecule has 2 saturated heterocycles. The highest BCUT2D eigenvalue weighted by Gasteiger charge is 2.30. The van der Waals surface area contributed by atoms with Gasteiger partial charge in [0.2, 0.25) is 10.0 Å². The summed E-state index contributed by atoms with van der Waals surface area (Å²) in [6, 6.07) is 7.43. The zero-order valence-corrected chi connectivity index (χ0v) is 17.3. The van der Waals surface area contributed by atoms with Crippen LogP contribution in [-0.2, 0) is 10.0 Å². The minimum atomic E-state index is -3.35. The third-order valence-electron chi connectivity index (χ3n) is 6.02. The van der Waals surface area contributed by atoms with E-state index in [9.17, 15) is 8.42 Å². The first kappa shape index (κ1) is 19.8. The van der Waals surface area contributed by atoms with Gasteiger partial charge in [0.15, 0.2) is 0 Å². The molecule has 3 rings (SSSR count). The molecule has 0 bridgehead atoms. The summed E-state index contributed by atoms with van der Waals surface area (Å²) in [5.74, 6) is 1.85. The van der Waals surface area contributed by atoms with Gasteiger partial charge >= 0.3 is 0 Å². The maximum Gasteiger partial charge on any atom is 0.243 e. The van der Waals surface area contributed by atoms with Gasteiger partial charge in [-0.25, -0.2) is 8.42 Å². The highest BCUT2D eigenvalue weighted by molar-refractivity contribution is 7.89. The Hall–Kier alpha value is -0.910. The third-order valence-corrected chi connectivity index (χ3v) is 7.93. The van der Waals surface area contributed by atoms with Crippen molar-refractivity contribution in [2.24, 2.45) is 11.8 Å². The molecule has 0 radical (unpaired) electrons. The van der Waals surface area contributed by atoms with Gasteiger partial charge in [-0.3, -0.25) is 0 Å². The second kappa shape index (κ2) is 8.41. The van der Waals surface area contributed by atoms with E-state index < -0.39 is 10.0 Å². The van der Waals surface area contributed by atoms with E-state index in [0.29, 0.717) is 29.8 Å². The first-order valence-electron chi connectivity index (χ1n) is 10.2. The monoisotopic (exact) mass is 378 g/mol. The van der Waals surface area contributed by atoms with Crippen LogP contribution in [0.5, 0.6) is 0 Å². The van der Waals surface area contributed by atoms with Crippen LogP contribution < -0.4 is 0 Å². The van der Waals surface area contributed by atoms with Crippen LogP contribution in [0.25, 0.3) is 0 Å². The molecule has 0 aliphatic carbocycles. The molecule has 2 aliphatic rings. The lowest BCUT2D eigenvalue weighted by Gasteiger charge is -2.37. The molecule has 0 aromatic heterocycles. The molecule has 1 aromatic rings. The van der Waals surface area contributed by atoms with Crippen molar-refractivity contribution in [3.8, 4) is 0 Å². The standard InChI is InChI=1S/C21H34N2O2S/c1-17(2)20-6-8-21(9-7-20)26(24,25)23-13-10-19(11-14-23)16-22-12-4-5-18(3)15-22/h6-9,17-19H,4-5,10-16H2,1-3H3. The molecule has 146 valence electrons. The Morgan fingerprint density at radius 2 is 1.69 bits per heavy atom. The normalized spacial score (nSPS) is 24.2. The minimum absolute atomic E-state index is 0.417. The quantitative estimate of drug-likeness (QED) is 0.779. The van der Waals surface area contributed by atoms with Crippen LogP contribution in [0.4, 0.5) is 0 Å². The van der Waals surface area contributed by atoms with Crippen molar-refractivity contribution in [1.82, 2.24) is 9.21 Å². The van der Waals surface area contributed by atoms with Gasteiger partial charge in [0.25, 0.3) is 0 Å². The Balaban J connectivity index is 1.56. The van der Waals surface area contributed by atoms with Gasteiger partial charge in [-0.05, 0) is 67.7 Å². The Morgan fingerprint density at radius 3 is 2.27 bits per heavy atom. The van der Waals surface area contributed by atoms with E-state index in [-0.39, 0.29) is 0 Å². The zero-order chi connectivity index (χ0) is 18.7. The van der Waals surface area contributed by atoms with E-state index in [1.165, 1.54) is 31.5 Å². The number of hydrogen-bond donors (Lipinski definition) is 0. The van der Waals surface area contributed by atoms with E-state index in [0.717, 1.165) is 25.3 Å². The molecule has 4 nitrogen and oxygen atoms in total. The average molecular weight is 379 g/mol. The van der Waals surface area contributed by atoms with Crippen LogP contribution in [0.1, 0.15) is 57.9 Å². The van der Waals surface area contributed by atoms with Crippen LogP contribution in [0, 0.1) is 11.8 Å². The first-order chi connectivity index (χ1) is 12.4. The molecule has 1 atom stereocenters. The predicted octanol–water partition coefficient (Wildman–Crippen LogP) is 3.94. The number of sulfonamides is 1. The van der Waals surface area contributed by atoms with Crippen molar-refractivity contribution < 1.29 is 8.42 Å². The van der Waals surface area contributed by atoms with Gasteiger partial charge in [-0.2, -0.15) is 4.31 Å². The fraction of sp³-hybridized carbons (Fsp3) is 0.714. The summed E-state index contributed by atoms with van der Waals surface area (Å²) in [6.45, 7) is 11.5. The summed E-state index contributed by atoms with van der Waals surface area (Å²) >= 11 is 0. The minimum Gasteiger partial charge on any atom is -0.303 e. The van der Waals surface area contributed by atoms with E-state index in [2.05, 4.69) is 25.7 Å². The molecule has 0 N–H and O–H groups in total. The number of likely N-dealkylation sites (tertiary alicyclic amines) is 1. The van der Waals surface area contributed by atoms with Gasteiger partial charge in [-0.1, -0.05) is 32.9 Å². The third kappa shape index (κ3) is 4.68. The number of nitrogens with zero attached hydrogens (tertiary/aromatic N) is 2. The summed E-state index contributed by atoms with van der Waals surface area (Å²) in [5, 5.41) is 0. The molecule has 1 aromatic carbocycles. The van der Waals surface area contributed by atoms with E-state index in [1.54, 1.807) is 16.4 Å². The molecule has 1 unspecified atom stereocenters. The van der Waals surface area contributed by atoms with Crippen LogP contribution >= 0.6 is 0 Å². The molecular formula is C21H34N2O2S. The lowest BCUT2D eigenvalue weighted by atomic mass is 9.94. The van der Waals surface area contributed by atoms with Crippen LogP contribution in [0.3, 0.4) is 0 Å². The van der Waals surface area contributed by atoms with E-state index >= 15 is 0 Å². The number of rotatable bonds is 5. The molecule has 2 fully saturated rings. The smallest absolute Gasteiger partial charge is 0.243 e. The van der Waals surface area contributed by atoms with E-state index in [1.807, 2.05) is 12.1 Å². The fourth-order valence-electron chi connectivity index (χ4n) is 4.32. The molecule has 26 heavy (non-hydrogen) atoms. The summed E-state index contributed by atoms with van der Waals surface area (Å²) < 4.78 is 27.5. The van der Waals surface area contributed by atoms with Crippen molar-refractivity contribution in [3.05, 3.63) is 29.8 Å². The zero-order valence-electron chi connectivity index (χ0n) is 16.5. The van der Waals surface area contributed by atoms with Gasteiger partial charge in [0, 0.05) is 26.2 Å². The fourth-order valence-corrected chi connectivity index (χ4v) is 5.79. The lowest BCUT2D eigenvalue weighted by Crippen LogP contribution is -2.43. The molecule has 0 spiro atoms. The van der Waals surface area contributed by atoms with Crippen molar-refractivity contribution in [2.75, 3.05) is 32.7 Å². The molecule has 2 aliphatic heterocycles. The Bertz CT molecular complexity index is 676. The number of piperidine rings is 2. The van der Waals surface area contributed by atoms with Crippen molar-refractivity contribution >= 4 is 10.0 Å². The maximum absolute atomic E-state index is 12.9. The van der Waals surface area contributed by atoms with Crippen LogP contribution in [-0.4, -0.2) is 50.3 Å². The Kier molecular flexibility index (Phi) is 6.41. The van der Waals surface area contributed by atoms with E-state index in [4.69, 9.17) is 0 Å². The topological polar surface area (TPSA) is 40.6 Å². The maximum atomic E-state index is 12.9. The second-order valence-corrected chi connectivity index (χ2v) is 10.5. The van der Waals surface area contributed by atoms with Crippen molar-refractivity contribution in [3.63, 3.8) is 0 Å². The lowest BCUT2D eigenvalue weighted by molar-refractivity contribution is 0.136. The summed E-state index contributed by atoms with van der Waals surface area (Å²) in [4.78, 5) is 3.03. The van der Waals surface area contributed by atoms with Gasteiger partial charge in [-0.15, -0.1) is 0 Å². The van der Waals surface area contributed by atoms with Crippen molar-refractivity contribution in [2.45, 2.75) is 57.3 Å². The molecule has 2 heterocycles. The number of hydrogen-bond acceptors (Lipinski definition) is 3. The highest BCUT2D eigenvalue weighted by Crippen LogP contribution is 2.27. The number of benzene rings is 1. The first-order valence-corrected chi connectivity index (χ1v) is 11.6.